The summed E-state index contributed by atoms with van der Waals surface area (Å²) >= 11 is 5.94. The second kappa shape index (κ2) is 8.23. The van der Waals surface area contributed by atoms with Crippen molar-refractivity contribution in [3.8, 4) is 0 Å². The third-order valence-corrected chi connectivity index (χ3v) is 4.08. The third-order valence-electron chi connectivity index (χ3n) is 3.67. The van der Waals surface area contributed by atoms with E-state index in [0.29, 0.717) is 21.7 Å². The van der Waals surface area contributed by atoms with Crippen LogP contribution in [0.5, 0.6) is 0 Å². The maximum Gasteiger partial charge on any atom is 0.416 e. The van der Waals surface area contributed by atoms with Crippen LogP contribution >= 0.6 is 11.6 Å². The van der Waals surface area contributed by atoms with E-state index in [9.17, 15) is 22.8 Å². The van der Waals surface area contributed by atoms with Crippen molar-refractivity contribution in [2.24, 2.45) is 0 Å². The number of alkyl halides is 3. The number of amides is 2. The standard InChI is InChI=1S/C18H16ClF3N2O2/c1-11-14(6-3-7-15(11)19)17(26)24-10-16(25)23-9-12-4-2-5-13(8-12)18(20,21)22/h2-8H,9-10H2,1H3,(H,23,25)(H,24,26). The Labute approximate surface area is 153 Å². The minimum absolute atomic E-state index is 0.0746. The Hall–Kier alpha value is -2.54. The summed E-state index contributed by atoms with van der Waals surface area (Å²) in [6, 6.07) is 9.52. The highest BCUT2D eigenvalue weighted by atomic mass is 35.5. The molecule has 0 aliphatic rings. The van der Waals surface area contributed by atoms with Gasteiger partial charge in [0.2, 0.25) is 5.91 Å². The Morgan fingerprint density at radius 3 is 2.46 bits per heavy atom. The Bertz CT molecular complexity index is 822. The summed E-state index contributed by atoms with van der Waals surface area (Å²) in [6.45, 7) is 1.31. The maximum absolute atomic E-state index is 12.7. The quantitative estimate of drug-likeness (QED) is 0.825. The van der Waals surface area contributed by atoms with Crippen LogP contribution in [0.3, 0.4) is 0 Å². The molecule has 2 N–H and O–H groups in total. The molecule has 0 aliphatic carbocycles. The highest BCUT2D eigenvalue weighted by molar-refractivity contribution is 6.31. The summed E-state index contributed by atoms with van der Waals surface area (Å²) < 4.78 is 38.0. The molecule has 0 fully saturated rings. The Kier molecular flexibility index (Phi) is 6.26. The summed E-state index contributed by atoms with van der Waals surface area (Å²) in [7, 11) is 0. The first-order valence-electron chi connectivity index (χ1n) is 7.64. The molecular weight excluding hydrogens is 369 g/mol. The summed E-state index contributed by atoms with van der Waals surface area (Å²) in [6.07, 6.45) is -4.44. The fourth-order valence-electron chi connectivity index (χ4n) is 2.23. The largest absolute Gasteiger partial charge is 0.416 e. The number of carbonyl (C=O) groups excluding carboxylic acids is 2. The average molecular weight is 385 g/mol. The van der Waals surface area contributed by atoms with Crippen molar-refractivity contribution < 1.29 is 22.8 Å². The minimum atomic E-state index is -4.44. The van der Waals surface area contributed by atoms with Crippen LogP contribution in [0.15, 0.2) is 42.5 Å². The molecule has 0 spiro atoms. The molecule has 0 bridgehead atoms. The molecular formula is C18H16ClF3N2O2. The van der Waals surface area contributed by atoms with Gasteiger partial charge < -0.3 is 10.6 Å². The summed E-state index contributed by atoms with van der Waals surface area (Å²) in [5.74, 6) is -0.977. The van der Waals surface area contributed by atoms with Crippen LogP contribution in [0.4, 0.5) is 13.2 Å². The SMILES string of the molecule is Cc1c(Cl)cccc1C(=O)NCC(=O)NCc1cccc(C(F)(F)F)c1. The summed E-state index contributed by atoms with van der Waals surface area (Å²) in [4.78, 5) is 23.9. The fourth-order valence-corrected chi connectivity index (χ4v) is 2.40. The van der Waals surface area contributed by atoms with Crippen molar-refractivity contribution in [3.63, 3.8) is 0 Å². The van der Waals surface area contributed by atoms with Gasteiger partial charge in [-0.15, -0.1) is 0 Å². The summed E-state index contributed by atoms with van der Waals surface area (Å²) in [5.41, 5.74) is 0.471. The molecule has 138 valence electrons. The van der Waals surface area contributed by atoms with Crippen molar-refractivity contribution in [1.82, 2.24) is 10.6 Å². The molecule has 0 aromatic heterocycles. The first-order valence-corrected chi connectivity index (χ1v) is 8.02. The van der Waals surface area contributed by atoms with Gasteiger partial charge >= 0.3 is 6.18 Å². The highest BCUT2D eigenvalue weighted by Crippen LogP contribution is 2.29. The van der Waals surface area contributed by atoms with Crippen LogP contribution in [0.1, 0.15) is 27.0 Å². The molecule has 2 aromatic rings. The van der Waals surface area contributed by atoms with Crippen molar-refractivity contribution in [3.05, 3.63) is 69.7 Å². The second-order valence-corrected chi connectivity index (χ2v) is 5.98. The van der Waals surface area contributed by atoms with Crippen molar-refractivity contribution in [2.75, 3.05) is 6.54 Å². The minimum Gasteiger partial charge on any atom is -0.350 e. The zero-order chi connectivity index (χ0) is 19.3. The van der Waals surface area contributed by atoms with E-state index in [-0.39, 0.29) is 13.1 Å². The van der Waals surface area contributed by atoms with Gasteiger partial charge in [-0.3, -0.25) is 9.59 Å². The fraction of sp³-hybridized carbons (Fsp3) is 0.222. The molecule has 26 heavy (non-hydrogen) atoms. The monoisotopic (exact) mass is 384 g/mol. The molecule has 0 saturated heterocycles. The maximum atomic E-state index is 12.7. The molecule has 0 heterocycles. The van der Waals surface area contributed by atoms with Gasteiger partial charge in [0.15, 0.2) is 0 Å². The first kappa shape index (κ1) is 19.8. The lowest BCUT2D eigenvalue weighted by Gasteiger charge is -2.11. The van der Waals surface area contributed by atoms with E-state index in [1.165, 1.54) is 12.1 Å². The number of benzene rings is 2. The molecule has 0 radical (unpaired) electrons. The molecule has 0 atom stereocenters. The lowest BCUT2D eigenvalue weighted by atomic mass is 10.1. The molecule has 0 aliphatic heterocycles. The Balaban J connectivity index is 1.88. The van der Waals surface area contributed by atoms with Gasteiger partial charge in [-0.2, -0.15) is 13.2 Å². The second-order valence-electron chi connectivity index (χ2n) is 5.57. The van der Waals surface area contributed by atoms with Crippen molar-refractivity contribution >= 4 is 23.4 Å². The summed E-state index contributed by atoms with van der Waals surface area (Å²) in [5, 5.41) is 5.35. The van der Waals surface area contributed by atoms with E-state index >= 15 is 0 Å². The van der Waals surface area contributed by atoms with Crippen LogP contribution in [-0.4, -0.2) is 18.4 Å². The van der Waals surface area contributed by atoms with Crippen molar-refractivity contribution in [2.45, 2.75) is 19.6 Å². The smallest absolute Gasteiger partial charge is 0.350 e. The van der Waals surface area contributed by atoms with Crippen LogP contribution in [0, 0.1) is 6.92 Å². The van der Waals surface area contributed by atoms with E-state index < -0.39 is 23.6 Å². The topological polar surface area (TPSA) is 58.2 Å². The molecule has 2 rings (SSSR count). The Morgan fingerprint density at radius 2 is 1.77 bits per heavy atom. The number of nitrogens with one attached hydrogen (secondary N) is 2. The van der Waals surface area contributed by atoms with Gasteiger partial charge in [0.25, 0.3) is 5.91 Å². The van der Waals surface area contributed by atoms with E-state index in [4.69, 9.17) is 11.6 Å². The molecule has 2 amide bonds. The predicted octanol–water partition coefficient (Wildman–Crippen LogP) is 3.71. The third kappa shape index (κ3) is 5.23. The van der Waals surface area contributed by atoms with Gasteiger partial charge in [0.1, 0.15) is 0 Å². The lowest BCUT2D eigenvalue weighted by Crippen LogP contribution is -2.36. The molecule has 2 aromatic carbocycles. The highest BCUT2D eigenvalue weighted by Gasteiger charge is 2.30. The van der Waals surface area contributed by atoms with Crippen LogP contribution in [-0.2, 0) is 17.5 Å². The number of rotatable bonds is 5. The van der Waals surface area contributed by atoms with Gasteiger partial charge in [-0.25, -0.2) is 0 Å². The van der Waals surface area contributed by atoms with E-state index in [2.05, 4.69) is 10.6 Å². The zero-order valence-electron chi connectivity index (χ0n) is 13.8. The number of halogens is 4. The zero-order valence-corrected chi connectivity index (χ0v) is 14.5. The van der Waals surface area contributed by atoms with Gasteiger partial charge in [0, 0.05) is 17.1 Å². The van der Waals surface area contributed by atoms with Crippen molar-refractivity contribution in [1.29, 1.82) is 0 Å². The van der Waals surface area contributed by atoms with Crippen LogP contribution in [0.25, 0.3) is 0 Å². The van der Waals surface area contributed by atoms with Gasteiger partial charge in [0.05, 0.1) is 12.1 Å². The number of carbonyl (C=O) groups is 2. The predicted molar refractivity (Wildman–Crippen MR) is 91.8 cm³/mol. The van der Waals surface area contributed by atoms with E-state index in [1.54, 1.807) is 25.1 Å². The normalized spacial score (nSPS) is 11.1. The molecule has 4 nitrogen and oxygen atoms in total. The van der Waals surface area contributed by atoms with E-state index in [0.717, 1.165) is 12.1 Å². The van der Waals surface area contributed by atoms with Gasteiger partial charge in [-0.05, 0) is 42.3 Å². The number of hydrogen-bond acceptors (Lipinski definition) is 2. The van der Waals surface area contributed by atoms with Gasteiger partial charge in [-0.1, -0.05) is 29.8 Å². The molecule has 0 saturated carbocycles. The average Bonchev–Trinajstić information content (AvgIpc) is 2.59. The molecule has 0 unspecified atom stereocenters. The lowest BCUT2D eigenvalue weighted by molar-refractivity contribution is -0.137. The Morgan fingerprint density at radius 1 is 1.08 bits per heavy atom. The van der Waals surface area contributed by atoms with Crippen LogP contribution < -0.4 is 10.6 Å². The molecule has 8 heteroatoms. The van der Waals surface area contributed by atoms with E-state index in [1.807, 2.05) is 0 Å². The number of hydrogen-bond donors (Lipinski definition) is 2. The van der Waals surface area contributed by atoms with Crippen LogP contribution in [0.2, 0.25) is 5.02 Å². The first-order chi connectivity index (χ1) is 12.2.